The number of thiocarbonyl (C=S) groups is 1. The number of hydrogen-bond donors (Lipinski definition) is 3. The summed E-state index contributed by atoms with van der Waals surface area (Å²) in [7, 11) is 0. The summed E-state index contributed by atoms with van der Waals surface area (Å²) in [6.07, 6.45) is 6.41. The van der Waals surface area contributed by atoms with Gasteiger partial charge in [-0.3, -0.25) is 5.43 Å². The first kappa shape index (κ1) is 14.9. The van der Waals surface area contributed by atoms with E-state index in [1.54, 1.807) is 0 Å². The Balaban J connectivity index is 1.72. The van der Waals surface area contributed by atoms with Crippen LogP contribution in [0.15, 0.2) is 41.6 Å². The van der Waals surface area contributed by atoms with Crippen molar-refractivity contribution in [3.8, 4) is 0 Å². The molecule has 0 radical (unpaired) electrons. The third-order valence-electron chi connectivity index (χ3n) is 3.65. The van der Waals surface area contributed by atoms with Gasteiger partial charge in [0.2, 0.25) is 0 Å². The van der Waals surface area contributed by atoms with Gasteiger partial charge < -0.3 is 10.7 Å². The van der Waals surface area contributed by atoms with E-state index in [9.17, 15) is 0 Å². The highest BCUT2D eigenvalue weighted by Crippen LogP contribution is 2.24. The van der Waals surface area contributed by atoms with Crippen LogP contribution in [0.25, 0.3) is 0 Å². The molecule has 1 saturated carbocycles. The van der Waals surface area contributed by atoms with Crippen molar-refractivity contribution >= 4 is 17.3 Å². The van der Waals surface area contributed by atoms with Crippen molar-refractivity contribution in [2.24, 2.45) is 0 Å². The molecule has 0 aromatic heterocycles. The van der Waals surface area contributed by atoms with Crippen LogP contribution in [0.1, 0.15) is 44.6 Å². The van der Waals surface area contributed by atoms with Gasteiger partial charge in [-0.15, -0.1) is 0 Å². The highest BCUT2D eigenvalue weighted by Gasteiger charge is 2.08. The van der Waals surface area contributed by atoms with Crippen molar-refractivity contribution < 1.29 is 0 Å². The van der Waals surface area contributed by atoms with Gasteiger partial charge in [0.15, 0.2) is 5.11 Å². The zero-order valence-corrected chi connectivity index (χ0v) is 12.9. The lowest BCUT2D eigenvalue weighted by atomic mass is 9.94. The molecule has 1 aromatic rings. The van der Waals surface area contributed by atoms with Gasteiger partial charge in [-0.25, -0.2) is 0 Å². The molecule has 0 amide bonds. The Morgan fingerprint density at radius 2 is 1.75 bits per heavy atom. The molecule has 1 aliphatic carbocycles. The van der Waals surface area contributed by atoms with Crippen LogP contribution in [0, 0.1) is 0 Å². The van der Waals surface area contributed by atoms with Crippen LogP contribution in [0.4, 0.5) is 0 Å². The minimum Gasteiger partial charge on any atom is -0.357 e. The van der Waals surface area contributed by atoms with Crippen LogP contribution in [0.2, 0.25) is 0 Å². The van der Waals surface area contributed by atoms with Crippen LogP contribution < -0.4 is 16.2 Å². The molecule has 3 nitrogen and oxygen atoms in total. The Labute approximate surface area is 126 Å². The molecule has 20 heavy (non-hydrogen) atoms. The molecule has 0 heterocycles. The van der Waals surface area contributed by atoms with E-state index in [4.69, 9.17) is 12.2 Å². The normalized spacial score (nSPS) is 14.6. The van der Waals surface area contributed by atoms with Crippen molar-refractivity contribution in [3.05, 3.63) is 47.2 Å². The first-order chi connectivity index (χ1) is 9.75. The van der Waals surface area contributed by atoms with E-state index in [1.165, 1.54) is 48.9 Å². The van der Waals surface area contributed by atoms with Crippen LogP contribution >= 0.6 is 12.2 Å². The van der Waals surface area contributed by atoms with E-state index in [2.05, 4.69) is 35.2 Å². The van der Waals surface area contributed by atoms with Gasteiger partial charge in [-0.2, -0.15) is 0 Å². The molecule has 0 saturated heterocycles. The second-order valence-corrected chi connectivity index (χ2v) is 5.62. The lowest BCUT2D eigenvalue weighted by Crippen LogP contribution is -2.43. The molecular weight excluding hydrogens is 266 g/mol. The number of nitrogens with one attached hydrogen (secondary N) is 3. The fourth-order valence-electron chi connectivity index (χ4n) is 2.41. The van der Waals surface area contributed by atoms with Gasteiger partial charge in [-0.1, -0.05) is 36.8 Å². The third kappa shape index (κ3) is 4.85. The molecule has 3 N–H and O–H groups in total. The molecule has 4 heteroatoms. The Bertz CT molecular complexity index is 460. The summed E-state index contributed by atoms with van der Waals surface area (Å²) < 4.78 is 0. The van der Waals surface area contributed by atoms with Gasteiger partial charge in [0.1, 0.15) is 0 Å². The second kappa shape index (κ2) is 7.90. The number of allylic oxidation sites excluding steroid dienone is 2. The molecule has 0 aliphatic heterocycles. The van der Waals surface area contributed by atoms with E-state index in [-0.39, 0.29) is 0 Å². The first-order valence-electron chi connectivity index (χ1n) is 7.28. The molecular formula is C16H23N3S. The van der Waals surface area contributed by atoms with E-state index in [0.29, 0.717) is 5.11 Å². The van der Waals surface area contributed by atoms with Crippen molar-refractivity contribution in [2.45, 2.75) is 45.6 Å². The van der Waals surface area contributed by atoms with Crippen LogP contribution in [0.3, 0.4) is 0 Å². The van der Waals surface area contributed by atoms with E-state index < -0.39 is 0 Å². The summed E-state index contributed by atoms with van der Waals surface area (Å²) in [6.45, 7) is 2.86. The predicted octanol–water partition coefficient (Wildman–Crippen LogP) is 3.39. The standard InChI is InChI=1S/C16H23N3S/c1-13(15-10-6-3-7-11-15)18-19-16(20)17-12-14-8-4-2-5-9-14/h2,4-5,8-9,18H,3,6-7,10-12H2,1H3,(H2,17,19,20). The summed E-state index contributed by atoms with van der Waals surface area (Å²) in [4.78, 5) is 0. The Hall–Kier alpha value is -1.55. The van der Waals surface area contributed by atoms with Crippen molar-refractivity contribution in [1.82, 2.24) is 16.2 Å². The van der Waals surface area contributed by atoms with Crippen LogP contribution in [0.5, 0.6) is 0 Å². The first-order valence-corrected chi connectivity index (χ1v) is 7.69. The zero-order chi connectivity index (χ0) is 14.2. The summed E-state index contributed by atoms with van der Waals surface area (Å²) >= 11 is 5.27. The quantitative estimate of drug-likeness (QED) is 0.586. The fourth-order valence-corrected chi connectivity index (χ4v) is 2.54. The van der Waals surface area contributed by atoms with Gasteiger partial charge in [0.05, 0.1) is 0 Å². The number of hydrogen-bond acceptors (Lipinski definition) is 2. The maximum absolute atomic E-state index is 5.27. The maximum atomic E-state index is 5.27. The molecule has 1 fully saturated rings. The van der Waals surface area contributed by atoms with Gasteiger partial charge in [-0.05, 0) is 56.0 Å². The second-order valence-electron chi connectivity index (χ2n) is 5.21. The third-order valence-corrected chi connectivity index (χ3v) is 3.89. The molecule has 0 unspecified atom stereocenters. The number of rotatable bonds is 4. The predicted molar refractivity (Wildman–Crippen MR) is 87.9 cm³/mol. The molecule has 108 valence electrons. The van der Waals surface area contributed by atoms with Crippen molar-refractivity contribution in [2.75, 3.05) is 0 Å². The molecule has 1 aliphatic rings. The maximum Gasteiger partial charge on any atom is 0.185 e. The average molecular weight is 289 g/mol. The van der Waals surface area contributed by atoms with E-state index in [0.717, 1.165) is 6.54 Å². The highest BCUT2D eigenvalue weighted by atomic mass is 32.1. The largest absolute Gasteiger partial charge is 0.357 e. The molecule has 0 spiro atoms. The lowest BCUT2D eigenvalue weighted by Gasteiger charge is -2.19. The zero-order valence-electron chi connectivity index (χ0n) is 12.0. The monoisotopic (exact) mass is 289 g/mol. The number of hydrazine groups is 1. The summed E-state index contributed by atoms with van der Waals surface area (Å²) in [5.74, 6) is 0. The minimum atomic E-state index is 0.629. The van der Waals surface area contributed by atoms with Gasteiger partial charge >= 0.3 is 0 Å². The van der Waals surface area contributed by atoms with E-state index >= 15 is 0 Å². The Kier molecular flexibility index (Phi) is 5.87. The van der Waals surface area contributed by atoms with Crippen LogP contribution in [-0.2, 0) is 6.54 Å². The SMILES string of the molecule is CC(NNC(=S)NCc1ccccc1)=C1CCCCC1. The van der Waals surface area contributed by atoms with Gasteiger partial charge in [0, 0.05) is 12.2 Å². The topological polar surface area (TPSA) is 36.1 Å². The highest BCUT2D eigenvalue weighted by molar-refractivity contribution is 7.80. The number of benzene rings is 1. The minimum absolute atomic E-state index is 0.629. The van der Waals surface area contributed by atoms with Crippen molar-refractivity contribution in [3.63, 3.8) is 0 Å². The van der Waals surface area contributed by atoms with E-state index in [1.807, 2.05) is 18.2 Å². The fraction of sp³-hybridized carbons (Fsp3) is 0.438. The smallest absolute Gasteiger partial charge is 0.185 e. The molecule has 1 aromatic carbocycles. The average Bonchev–Trinajstić information content (AvgIpc) is 2.52. The van der Waals surface area contributed by atoms with Crippen LogP contribution in [-0.4, -0.2) is 5.11 Å². The Morgan fingerprint density at radius 3 is 2.45 bits per heavy atom. The molecule has 2 rings (SSSR count). The van der Waals surface area contributed by atoms with Gasteiger partial charge in [0.25, 0.3) is 0 Å². The Morgan fingerprint density at radius 1 is 1.05 bits per heavy atom. The summed E-state index contributed by atoms with van der Waals surface area (Å²) in [5.41, 5.74) is 10.2. The van der Waals surface area contributed by atoms with Crippen molar-refractivity contribution in [1.29, 1.82) is 0 Å². The lowest BCUT2D eigenvalue weighted by molar-refractivity contribution is 0.580. The molecule has 0 atom stereocenters. The molecule has 0 bridgehead atoms. The summed E-state index contributed by atoms with van der Waals surface area (Å²) in [5, 5.41) is 3.82. The summed E-state index contributed by atoms with van der Waals surface area (Å²) in [6, 6.07) is 10.2.